The van der Waals surface area contributed by atoms with Gasteiger partial charge < -0.3 is 20.2 Å². The zero-order valence-electron chi connectivity index (χ0n) is 8.03. The van der Waals surface area contributed by atoms with Crippen LogP contribution in [0.5, 0.6) is 0 Å². The van der Waals surface area contributed by atoms with Gasteiger partial charge in [0.15, 0.2) is 5.88 Å². The number of rotatable bonds is 4. The summed E-state index contributed by atoms with van der Waals surface area (Å²) in [7, 11) is 3.81. The first-order valence-corrected chi connectivity index (χ1v) is 4.28. The lowest BCUT2D eigenvalue weighted by atomic mass is 10.2. The predicted molar refractivity (Wildman–Crippen MR) is 51.7 cm³/mol. The maximum atomic E-state index is 8.68. The van der Waals surface area contributed by atoms with Gasteiger partial charge in [-0.15, -0.1) is 0 Å². The summed E-state index contributed by atoms with van der Waals surface area (Å²) in [4.78, 5) is 1.87. The normalized spacial score (nSPS) is 12.9. The van der Waals surface area contributed by atoms with Crippen molar-refractivity contribution in [3.63, 3.8) is 0 Å². The summed E-state index contributed by atoms with van der Waals surface area (Å²) in [6.07, 6.45) is 0.528. The number of anilines is 1. The lowest BCUT2D eigenvalue weighted by Crippen LogP contribution is -2.11. The highest BCUT2D eigenvalue weighted by Gasteiger charge is 2.10. The van der Waals surface area contributed by atoms with Crippen molar-refractivity contribution in [2.24, 2.45) is 5.73 Å². The third-order valence-corrected chi connectivity index (χ3v) is 1.86. The van der Waals surface area contributed by atoms with Gasteiger partial charge in [0.05, 0.1) is 6.04 Å². The van der Waals surface area contributed by atoms with Crippen molar-refractivity contribution < 1.29 is 9.52 Å². The first-order chi connectivity index (χ1) is 6.15. The molecular weight excluding hydrogens is 168 g/mol. The molecule has 0 bridgehead atoms. The molecule has 3 N–H and O–H groups in total. The van der Waals surface area contributed by atoms with E-state index < -0.39 is 0 Å². The highest BCUT2D eigenvalue weighted by molar-refractivity contribution is 5.34. The molecule has 1 heterocycles. The topological polar surface area (TPSA) is 62.6 Å². The van der Waals surface area contributed by atoms with E-state index >= 15 is 0 Å². The molecule has 1 aromatic heterocycles. The Morgan fingerprint density at radius 3 is 2.69 bits per heavy atom. The second-order valence-corrected chi connectivity index (χ2v) is 3.19. The summed E-state index contributed by atoms with van der Waals surface area (Å²) in [5.41, 5.74) is 5.75. The van der Waals surface area contributed by atoms with Crippen LogP contribution in [-0.4, -0.2) is 25.8 Å². The fourth-order valence-corrected chi connectivity index (χ4v) is 1.06. The van der Waals surface area contributed by atoms with Crippen LogP contribution < -0.4 is 10.6 Å². The van der Waals surface area contributed by atoms with Gasteiger partial charge >= 0.3 is 0 Å². The monoisotopic (exact) mass is 184 g/mol. The van der Waals surface area contributed by atoms with Crippen LogP contribution in [0.2, 0.25) is 0 Å². The molecule has 0 aliphatic carbocycles. The molecule has 74 valence electrons. The summed E-state index contributed by atoms with van der Waals surface area (Å²) in [5, 5.41) is 8.68. The van der Waals surface area contributed by atoms with Gasteiger partial charge in [-0.2, -0.15) is 0 Å². The molecular formula is C9H16N2O2. The van der Waals surface area contributed by atoms with Gasteiger partial charge in [0.2, 0.25) is 0 Å². The Morgan fingerprint density at radius 1 is 1.54 bits per heavy atom. The SMILES string of the molecule is CN(C)c1ccc([C@H](N)CCO)o1. The Morgan fingerprint density at radius 2 is 2.23 bits per heavy atom. The summed E-state index contributed by atoms with van der Waals surface area (Å²) >= 11 is 0. The third-order valence-electron chi connectivity index (χ3n) is 1.86. The Balaban J connectivity index is 2.67. The van der Waals surface area contributed by atoms with Gasteiger partial charge in [-0.05, 0) is 12.5 Å². The maximum absolute atomic E-state index is 8.68. The Labute approximate surface area is 77.9 Å². The number of hydrogen-bond donors (Lipinski definition) is 2. The number of hydrogen-bond acceptors (Lipinski definition) is 4. The van der Waals surface area contributed by atoms with Crippen molar-refractivity contribution in [2.75, 3.05) is 25.6 Å². The largest absolute Gasteiger partial charge is 0.444 e. The molecule has 1 aromatic rings. The van der Waals surface area contributed by atoms with E-state index in [2.05, 4.69) is 0 Å². The van der Waals surface area contributed by atoms with Gasteiger partial charge in [-0.25, -0.2) is 0 Å². The Kier molecular flexibility index (Phi) is 3.33. The van der Waals surface area contributed by atoms with Crippen molar-refractivity contribution in [3.8, 4) is 0 Å². The van der Waals surface area contributed by atoms with E-state index in [1.165, 1.54) is 0 Å². The molecule has 0 saturated carbocycles. The predicted octanol–water partition coefficient (Wildman–Crippen LogP) is 0.728. The van der Waals surface area contributed by atoms with Crippen molar-refractivity contribution in [1.29, 1.82) is 0 Å². The summed E-state index contributed by atoms with van der Waals surface area (Å²) in [6.45, 7) is 0.0825. The van der Waals surface area contributed by atoms with E-state index in [1.807, 2.05) is 31.1 Å². The lowest BCUT2D eigenvalue weighted by molar-refractivity contribution is 0.269. The van der Waals surface area contributed by atoms with Crippen molar-refractivity contribution in [2.45, 2.75) is 12.5 Å². The third kappa shape index (κ3) is 2.47. The molecule has 0 unspecified atom stereocenters. The minimum Gasteiger partial charge on any atom is -0.444 e. The molecule has 1 atom stereocenters. The summed E-state index contributed by atoms with van der Waals surface area (Å²) in [6, 6.07) is 3.50. The smallest absolute Gasteiger partial charge is 0.195 e. The van der Waals surface area contributed by atoms with Crippen molar-refractivity contribution >= 4 is 5.88 Å². The average Bonchev–Trinajstić information content (AvgIpc) is 2.52. The van der Waals surface area contributed by atoms with Crippen LogP contribution in [-0.2, 0) is 0 Å². The molecule has 0 spiro atoms. The molecule has 0 aliphatic rings. The molecule has 0 radical (unpaired) electrons. The molecule has 0 aromatic carbocycles. The molecule has 13 heavy (non-hydrogen) atoms. The first-order valence-electron chi connectivity index (χ1n) is 4.28. The van der Waals surface area contributed by atoms with E-state index in [9.17, 15) is 0 Å². The second-order valence-electron chi connectivity index (χ2n) is 3.19. The van der Waals surface area contributed by atoms with Gasteiger partial charge in [0, 0.05) is 26.8 Å². The number of aliphatic hydroxyl groups excluding tert-OH is 1. The first kappa shape index (κ1) is 10.1. The maximum Gasteiger partial charge on any atom is 0.195 e. The van der Waals surface area contributed by atoms with Crippen LogP contribution in [0.4, 0.5) is 5.88 Å². The van der Waals surface area contributed by atoms with E-state index in [4.69, 9.17) is 15.3 Å². The Hall–Kier alpha value is -1.00. The van der Waals surface area contributed by atoms with Crippen molar-refractivity contribution in [3.05, 3.63) is 17.9 Å². The number of aliphatic hydroxyl groups is 1. The second kappa shape index (κ2) is 4.30. The molecule has 1 rings (SSSR count). The van der Waals surface area contributed by atoms with E-state index in [1.54, 1.807) is 0 Å². The molecule has 0 amide bonds. The van der Waals surface area contributed by atoms with Crippen LogP contribution in [0.25, 0.3) is 0 Å². The van der Waals surface area contributed by atoms with Gasteiger partial charge in [0.25, 0.3) is 0 Å². The highest BCUT2D eigenvalue weighted by Crippen LogP contribution is 2.21. The fraction of sp³-hybridized carbons (Fsp3) is 0.556. The molecule has 4 nitrogen and oxygen atoms in total. The minimum absolute atomic E-state index is 0.0825. The zero-order chi connectivity index (χ0) is 9.84. The van der Waals surface area contributed by atoms with Crippen LogP contribution in [0.15, 0.2) is 16.5 Å². The quantitative estimate of drug-likeness (QED) is 0.724. The van der Waals surface area contributed by atoms with E-state index in [0.717, 1.165) is 11.6 Å². The van der Waals surface area contributed by atoms with Crippen molar-refractivity contribution in [1.82, 2.24) is 0 Å². The number of furan rings is 1. The van der Waals surface area contributed by atoms with Crippen LogP contribution >= 0.6 is 0 Å². The lowest BCUT2D eigenvalue weighted by Gasteiger charge is -2.09. The molecule has 0 aliphatic heterocycles. The van der Waals surface area contributed by atoms with Crippen LogP contribution in [0.1, 0.15) is 18.2 Å². The fourth-order valence-electron chi connectivity index (χ4n) is 1.06. The van der Waals surface area contributed by atoms with Crippen LogP contribution in [0, 0.1) is 0 Å². The highest BCUT2D eigenvalue weighted by atomic mass is 16.4. The summed E-state index contributed by atoms with van der Waals surface area (Å²) < 4.78 is 5.45. The zero-order valence-corrected chi connectivity index (χ0v) is 8.03. The van der Waals surface area contributed by atoms with Crippen LogP contribution in [0.3, 0.4) is 0 Å². The van der Waals surface area contributed by atoms with E-state index in [0.29, 0.717) is 6.42 Å². The Bertz CT molecular complexity index is 258. The molecule has 0 saturated heterocycles. The van der Waals surface area contributed by atoms with Gasteiger partial charge in [-0.3, -0.25) is 0 Å². The summed E-state index contributed by atoms with van der Waals surface area (Å²) in [5.74, 6) is 1.50. The molecule has 0 fully saturated rings. The van der Waals surface area contributed by atoms with Gasteiger partial charge in [0.1, 0.15) is 5.76 Å². The number of nitrogens with two attached hydrogens (primary N) is 1. The van der Waals surface area contributed by atoms with E-state index in [-0.39, 0.29) is 12.6 Å². The minimum atomic E-state index is -0.210. The molecule has 4 heteroatoms. The van der Waals surface area contributed by atoms with Gasteiger partial charge in [-0.1, -0.05) is 0 Å². The number of nitrogens with zero attached hydrogens (tertiary/aromatic N) is 1. The standard InChI is InChI=1S/C9H16N2O2/c1-11(2)9-4-3-8(13-9)7(10)5-6-12/h3-4,7,12H,5-6,10H2,1-2H3/t7-/m1/s1. The average molecular weight is 184 g/mol.